The molecule has 7 atom stereocenters. The summed E-state index contributed by atoms with van der Waals surface area (Å²) < 4.78 is 0. The van der Waals surface area contributed by atoms with E-state index in [-0.39, 0.29) is 0 Å². The van der Waals surface area contributed by atoms with Crippen molar-refractivity contribution in [2.24, 2.45) is 104 Å². The predicted octanol–water partition coefficient (Wildman–Crippen LogP) is 32.4. The molecule has 0 bridgehead atoms. The predicted molar refractivity (Wildman–Crippen MR) is 406 cm³/mol. The van der Waals surface area contributed by atoms with Gasteiger partial charge in [0.1, 0.15) is 0 Å². The molecule has 3 aliphatic carbocycles. The molecule has 0 spiro atoms. The van der Waals surface area contributed by atoms with E-state index in [0.717, 1.165) is 76.9 Å². The van der Waals surface area contributed by atoms with E-state index in [2.05, 4.69) is 284 Å². The zero-order valence-electron chi connectivity index (χ0n) is 68.7. The Morgan fingerprint density at radius 2 is 0.631 bits per heavy atom. The van der Waals surface area contributed by atoms with E-state index < -0.39 is 0 Å². The smallest absolute Gasteiger partial charge is 0.0359 e. The topological polar surface area (TPSA) is 0 Å². The van der Waals surface area contributed by atoms with Crippen LogP contribution in [0.4, 0.5) is 0 Å². The molecule has 0 aliphatic heterocycles. The highest BCUT2D eigenvalue weighted by Gasteiger charge is 2.19. The highest BCUT2D eigenvalue weighted by molar-refractivity contribution is 4.70. The summed E-state index contributed by atoms with van der Waals surface area (Å²) in [7, 11) is 0. The minimum Gasteiger partial charge on any atom is -0.0654 e. The minimum atomic E-state index is 0.500. The fourth-order valence-electron chi connectivity index (χ4n) is 7.88. The van der Waals surface area contributed by atoms with Crippen LogP contribution in [0.1, 0.15) is 444 Å². The van der Waals surface area contributed by atoms with Crippen LogP contribution in [0.2, 0.25) is 0 Å². The van der Waals surface area contributed by atoms with Crippen LogP contribution in [0.3, 0.4) is 0 Å². The molecule has 84 heavy (non-hydrogen) atoms. The molecule has 0 radical (unpaired) electrons. The molecule has 0 aromatic carbocycles. The van der Waals surface area contributed by atoms with E-state index in [1.54, 1.807) is 0 Å². The third-order valence-electron chi connectivity index (χ3n) is 21.2. The Balaban J connectivity index is -0.000000104. The van der Waals surface area contributed by atoms with E-state index in [4.69, 9.17) is 0 Å². The maximum atomic E-state index is 2.36. The molecule has 0 N–H and O–H groups in total. The van der Waals surface area contributed by atoms with Gasteiger partial charge in [-0.15, -0.1) is 0 Å². The van der Waals surface area contributed by atoms with Gasteiger partial charge in [0, 0.05) is 0 Å². The van der Waals surface area contributed by atoms with Gasteiger partial charge in [0.25, 0.3) is 0 Å². The average Bonchev–Trinajstić information content (AvgIpc) is 4.00. The quantitative estimate of drug-likeness (QED) is 0.153. The highest BCUT2D eigenvalue weighted by atomic mass is 14.2. The molecule has 0 amide bonds. The molecular formula is C84H186. The first-order chi connectivity index (χ1) is 38.2. The van der Waals surface area contributed by atoms with Crippen LogP contribution in [-0.4, -0.2) is 0 Å². The van der Waals surface area contributed by atoms with Gasteiger partial charge in [-0.1, -0.05) is 432 Å². The summed E-state index contributed by atoms with van der Waals surface area (Å²) in [6, 6.07) is 0. The summed E-state index contributed by atoms with van der Waals surface area (Å²) >= 11 is 0. The largest absolute Gasteiger partial charge is 0.0654 e. The summed E-state index contributed by atoms with van der Waals surface area (Å²) in [6.07, 6.45) is 34.9. The second-order valence-corrected chi connectivity index (χ2v) is 34.4. The van der Waals surface area contributed by atoms with Crippen molar-refractivity contribution in [1.29, 1.82) is 0 Å². The van der Waals surface area contributed by atoms with Crippen molar-refractivity contribution in [2.45, 2.75) is 444 Å². The number of rotatable bonds is 15. The third kappa shape index (κ3) is 88.4. The first kappa shape index (κ1) is 103. The summed E-state index contributed by atoms with van der Waals surface area (Å²) in [5.74, 6) is 12.2. The van der Waals surface area contributed by atoms with Crippen LogP contribution in [0, 0.1) is 104 Å². The molecule has 3 fully saturated rings. The van der Waals surface area contributed by atoms with Crippen LogP contribution in [0.5, 0.6) is 0 Å². The van der Waals surface area contributed by atoms with E-state index in [1.807, 2.05) is 0 Å². The lowest BCUT2D eigenvalue weighted by Gasteiger charge is -2.22. The highest BCUT2D eigenvalue weighted by Crippen LogP contribution is 2.31. The van der Waals surface area contributed by atoms with Crippen LogP contribution >= 0.6 is 0 Å². The number of hydrogen-bond donors (Lipinski definition) is 0. The lowest BCUT2D eigenvalue weighted by atomic mass is 9.84. The van der Waals surface area contributed by atoms with Gasteiger partial charge >= 0.3 is 0 Å². The van der Waals surface area contributed by atoms with Crippen LogP contribution in [-0.2, 0) is 0 Å². The average molecular weight is 1200 g/mol. The second-order valence-electron chi connectivity index (χ2n) is 34.4. The Labute approximate surface area is 545 Å². The Morgan fingerprint density at radius 3 is 0.690 bits per heavy atom. The summed E-state index contributed by atoms with van der Waals surface area (Å²) in [5, 5.41) is 0. The molecule has 522 valence electrons. The third-order valence-corrected chi connectivity index (χ3v) is 21.2. The molecule has 5 unspecified atom stereocenters. The summed E-state index contributed by atoms with van der Waals surface area (Å²) in [6.45, 7) is 93.3. The van der Waals surface area contributed by atoms with Gasteiger partial charge in [-0.25, -0.2) is 0 Å². The Hall–Kier alpha value is 0. The second kappa shape index (κ2) is 63.2. The van der Waals surface area contributed by atoms with Gasteiger partial charge in [0.2, 0.25) is 0 Å². The van der Waals surface area contributed by atoms with Crippen LogP contribution in [0.25, 0.3) is 0 Å². The van der Waals surface area contributed by atoms with Gasteiger partial charge in [0.15, 0.2) is 0 Å². The summed E-state index contributed by atoms with van der Waals surface area (Å²) in [4.78, 5) is 0. The fourth-order valence-corrected chi connectivity index (χ4v) is 7.88. The van der Waals surface area contributed by atoms with Gasteiger partial charge in [-0.3, -0.25) is 0 Å². The van der Waals surface area contributed by atoms with Crippen molar-refractivity contribution in [2.75, 3.05) is 0 Å². The SMILES string of the molecule is CC(C)C(C)(C)C.CC(C)C(C)(C)C.CC1CCCCC1.CC1CCC[C@H]1C.CC1CC[C@@H](C)C1.CCC(C)(C)CC.CCC(C)(C)CC.CCC(C)C(C)C.CCC(C)C(C)C.CCC(CC)CC.CCCC(C)(C)C.CCCC(C)CC. The van der Waals surface area contributed by atoms with Gasteiger partial charge in [-0.2, -0.15) is 0 Å². The van der Waals surface area contributed by atoms with Gasteiger partial charge < -0.3 is 0 Å². The van der Waals surface area contributed by atoms with Crippen molar-refractivity contribution in [1.82, 2.24) is 0 Å². The molecule has 3 aliphatic rings. The summed E-state index contributed by atoms with van der Waals surface area (Å²) in [5.41, 5.74) is 2.72. The monoisotopic (exact) mass is 1200 g/mol. The molecule has 3 rings (SSSR count). The van der Waals surface area contributed by atoms with E-state index >= 15 is 0 Å². The maximum Gasteiger partial charge on any atom is -0.0359 e. The Morgan fingerprint density at radius 1 is 0.333 bits per heavy atom. The van der Waals surface area contributed by atoms with Gasteiger partial charge in [0.05, 0.1) is 0 Å². The Kier molecular flexibility index (Phi) is 77.4. The molecule has 0 aromatic heterocycles. The molecule has 3 saturated carbocycles. The van der Waals surface area contributed by atoms with Crippen LogP contribution in [0.15, 0.2) is 0 Å². The van der Waals surface area contributed by atoms with Gasteiger partial charge in [-0.05, 0) is 117 Å². The Bertz CT molecular complexity index is 1080. The standard InChI is InChI=1S/3C7H14.9C7H16/c1-6-3-4-7(2)5-6;1-6-4-3-5-7(6)2;1-7-5-3-2-4-6-7;2*1-6(2)7(3,4)5;1-5-6-7(2,3)4;2*1-5-7(3,4)6-2;2*1-5-7(4)6(2)3;1-4-6-7(3)5-2;1-4-7(5-2)6-3/h2*6-7H,3-5H2,1-2H3;7H,2-6H2,1H3;2*6H,1-5H3;3*5-6H2,1-4H3;2*6-7H,5H2,1-4H3;2*7H,4-6H2,1-3H3/t2*6-,7?;;;;;;;;;;/m11........../s1. The maximum absolute atomic E-state index is 2.36. The van der Waals surface area contributed by atoms with Crippen molar-refractivity contribution in [3.05, 3.63) is 0 Å². The number of hydrogen-bond acceptors (Lipinski definition) is 0. The lowest BCUT2D eigenvalue weighted by Crippen LogP contribution is -2.12. The molecule has 0 saturated heterocycles. The molecule has 0 aromatic rings. The normalized spacial score (nSPS) is 18.8. The van der Waals surface area contributed by atoms with Crippen molar-refractivity contribution in [3.8, 4) is 0 Å². The zero-order chi connectivity index (χ0) is 68.7. The zero-order valence-corrected chi connectivity index (χ0v) is 68.7. The lowest BCUT2D eigenvalue weighted by molar-refractivity contribution is 0.283. The molecule has 0 heteroatoms. The minimum absolute atomic E-state index is 0.500. The van der Waals surface area contributed by atoms with Crippen molar-refractivity contribution < 1.29 is 0 Å². The first-order valence-electron chi connectivity index (χ1n) is 38.2. The fraction of sp³-hybridized carbons (Fsp3) is 1.00. The molecule has 0 nitrogen and oxygen atoms in total. The van der Waals surface area contributed by atoms with E-state index in [1.165, 1.54) is 161 Å². The van der Waals surface area contributed by atoms with E-state index in [0.29, 0.717) is 27.1 Å². The van der Waals surface area contributed by atoms with E-state index in [9.17, 15) is 0 Å². The molecular weight excluding hydrogens is 1010 g/mol. The van der Waals surface area contributed by atoms with Crippen molar-refractivity contribution in [3.63, 3.8) is 0 Å². The van der Waals surface area contributed by atoms with Crippen molar-refractivity contribution >= 4 is 0 Å². The first-order valence-corrected chi connectivity index (χ1v) is 38.2. The van der Waals surface area contributed by atoms with Crippen LogP contribution < -0.4 is 0 Å². The molecule has 0 heterocycles.